The van der Waals surface area contributed by atoms with Crippen molar-refractivity contribution in [2.45, 2.75) is 155 Å². The molecule has 7 aliphatic rings. The summed E-state index contributed by atoms with van der Waals surface area (Å²) < 4.78 is 42.2. The Morgan fingerprint density at radius 3 is 2.27 bits per heavy atom. The normalized spacial score (nSPS) is 30.0. The summed E-state index contributed by atoms with van der Waals surface area (Å²) in [4.78, 5) is 59.3. The van der Waals surface area contributed by atoms with Crippen LogP contribution in [0.25, 0.3) is 21.7 Å². The van der Waals surface area contributed by atoms with E-state index in [1.165, 1.54) is 65.5 Å². The number of methoxy groups -OCH3 is 1. The molecule has 3 aromatic carbocycles. The van der Waals surface area contributed by atoms with Gasteiger partial charge in [-0.05, 0) is 90.8 Å². The number of phenols is 3. The van der Waals surface area contributed by atoms with Crippen molar-refractivity contribution >= 4 is 68.5 Å². The second-order valence-electron chi connectivity index (χ2n) is 24.9. The number of halogens is 2. The smallest absolute Gasteiger partial charge is 0.312 e. The number of hydrogen-bond donors (Lipinski definition) is 6. The van der Waals surface area contributed by atoms with E-state index < -0.39 is 94.6 Å². The molecule has 1 unspecified atom stereocenters. The van der Waals surface area contributed by atoms with Crippen molar-refractivity contribution in [2.24, 2.45) is 34.7 Å². The van der Waals surface area contributed by atoms with E-state index in [0.717, 1.165) is 44.9 Å². The van der Waals surface area contributed by atoms with Gasteiger partial charge in [-0.3, -0.25) is 29.1 Å². The molecule has 458 valence electrons. The number of anilines is 2. The standard InChI is InChI=1S/C64H80ClFN6O13/c1-31-13-12-14-32(2)62(81)68-50-43(28-67-71-24-18-40(19-25-71)69(10)64(21-22-64)39-17-23-70(30-39)52-44(66)27-42-51(49(52)65)72(41-15-16-41)29-33(3)54(42)75)57(78)46-47(58(50)79)56(77)37(7)60-48(46)61(80)63(9,85-60)83-26-20-45(82-11)34(4)59(84-38(8)73)36(6)55(76)35(5)53(31)74/h12-14,20,26-29,31,34-36,39-41,45,53,55,59,74,76-79H,15-19,21-25,30H2,1-11H3,(H,68,81)/b13-12+,26-20+,32-14-,67-28-/t31-,34+,35+,36+,39?,45-,53-,55+,59+,63-/m0/s1. The molecule has 6 N–H and O–H groups in total. The quantitative estimate of drug-likeness (QED) is 0.0396. The average Bonchev–Trinajstić information content (AvgIpc) is 1.84. The van der Waals surface area contributed by atoms with E-state index in [4.69, 9.17) is 35.6 Å². The van der Waals surface area contributed by atoms with Crippen LogP contribution < -0.4 is 20.4 Å². The number of aromatic nitrogens is 1. The number of nitrogens with zero attached hydrogens (tertiary/aromatic N) is 5. The third-order valence-electron chi connectivity index (χ3n) is 19.4. The highest BCUT2D eigenvalue weighted by Gasteiger charge is 2.56. The van der Waals surface area contributed by atoms with E-state index in [1.54, 1.807) is 46.8 Å². The molecular formula is C64H80ClFN6O13. The maximum Gasteiger partial charge on any atom is 0.312 e. The van der Waals surface area contributed by atoms with Crippen LogP contribution in [0.3, 0.4) is 0 Å². The summed E-state index contributed by atoms with van der Waals surface area (Å²) in [6.07, 6.45) is 12.8. The lowest BCUT2D eigenvalue weighted by Crippen LogP contribution is -2.50. The van der Waals surface area contributed by atoms with Gasteiger partial charge in [-0.25, -0.2) is 4.39 Å². The lowest BCUT2D eigenvalue weighted by Gasteiger charge is -2.42. The minimum Gasteiger partial charge on any atom is -0.507 e. The van der Waals surface area contributed by atoms with E-state index in [9.17, 15) is 44.7 Å². The van der Waals surface area contributed by atoms with Crippen LogP contribution in [0.1, 0.15) is 127 Å². The van der Waals surface area contributed by atoms with Gasteiger partial charge in [0.15, 0.2) is 11.2 Å². The first-order valence-electron chi connectivity index (χ1n) is 29.6. The number of Topliss-reactive ketones (excluding diaryl/α,β-unsaturated/α-hetero) is 1. The monoisotopic (exact) mass is 1190 g/mol. The zero-order valence-corrected chi connectivity index (χ0v) is 51.0. The minimum atomic E-state index is -2.10. The number of hydrogen-bond acceptors (Lipinski definition) is 17. The van der Waals surface area contributed by atoms with E-state index in [-0.39, 0.29) is 78.5 Å². The summed E-state index contributed by atoms with van der Waals surface area (Å²) >= 11 is 7.13. The van der Waals surface area contributed by atoms with Crippen molar-refractivity contribution in [2.75, 3.05) is 50.6 Å². The van der Waals surface area contributed by atoms with Gasteiger partial charge in [0, 0.05) is 117 Å². The highest BCUT2D eigenvalue weighted by Crippen LogP contribution is 2.56. The summed E-state index contributed by atoms with van der Waals surface area (Å²) in [5, 5.41) is 69.3. The van der Waals surface area contributed by atoms with Crippen LogP contribution in [-0.4, -0.2) is 146 Å². The van der Waals surface area contributed by atoms with Crippen LogP contribution in [0.2, 0.25) is 5.02 Å². The van der Waals surface area contributed by atoms with Crippen molar-refractivity contribution in [3.63, 3.8) is 0 Å². The van der Waals surface area contributed by atoms with E-state index >= 15 is 4.39 Å². The number of nitrogens with one attached hydrogen (secondary N) is 1. The number of piperidine rings is 1. The predicted molar refractivity (Wildman–Crippen MR) is 322 cm³/mol. The number of allylic oxidation sites excluding steroid dienone is 2. The van der Waals surface area contributed by atoms with E-state index in [0.29, 0.717) is 48.3 Å². The summed E-state index contributed by atoms with van der Waals surface area (Å²) in [5.41, 5.74) is 0.703. The molecule has 10 atom stereocenters. The number of ether oxygens (including phenoxy) is 4. The second kappa shape index (κ2) is 23.5. The highest BCUT2D eigenvalue weighted by atomic mass is 35.5. The first-order valence-corrected chi connectivity index (χ1v) is 30.0. The summed E-state index contributed by atoms with van der Waals surface area (Å²) in [5.74, 6) is -8.97. The Hall–Kier alpha value is -6.71. The zero-order chi connectivity index (χ0) is 61.5. The molecule has 1 amide bonds. The van der Waals surface area contributed by atoms with Crippen molar-refractivity contribution in [1.29, 1.82) is 0 Å². The predicted octanol–water partition coefficient (Wildman–Crippen LogP) is 9.29. The van der Waals surface area contributed by atoms with Gasteiger partial charge >= 0.3 is 11.8 Å². The number of carbonyl (C=O) groups excluding carboxylic acids is 3. The van der Waals surface area contributed by atoms with E-state index in [2.05, 4.69) is 26.7 Å². The molecule has 21 heteroatoms. The topological polar surface area (TPSA) is 245 Å². The molecule has 2 aliphatic carbocycles. The number of aliphatic hydroxyl groups excluding tert-OH is 2. The van der Waals surface area contributed by atoms with Gasteiger partial charge in [0.1, 0.15) is 29.2 Å². The van der Waals surface area contributed by atoms with Gasteiger partial charge in [0.05, 0.1) is 74.6 Å². The lowest BCUT2D eigenvalue weighted by atomic mass is 9.78. The Bertz CT molecular complexity index is 3530. The molecule has 6 heterocycles. The molecule has 19 nitrogen and oxygen atoms in total. The van der Waals surface area contributed by atoms with Crippen LogP contribution in [0.4, 0.5) is 15.8 Å². The number of aryl methyl sites for hydroxylation is 1. The molecule has 0 radical (unpaired) electrons. The molecule has 0 spiro atoms. The maximum absolute atomic E-state index is 16.2. The number of rotatable bonds is 9. The highest BCUT2D eigenvalue weighted by molar-refractivity contribution is 6.38. The number of phenolic OH excluding ortho intramolecular Hbond substituents is 3. The van der Waals surface area contributed by atoms with Gasteiger partial charge in [-0.2, -0.15) is 5.10 Å². The third-order valence-corrected chi connectivity index (χ3v) is 19.8. The van der Waals surface area contributed by atoms with Crippen molar-refractivity contribution in [3.8, 4) is 23.0 Å². The Morgan fingerprint density at radius 2 is 1.62 bits per heavy atom. The van der Waals surface area contributed by atoms with Crippen LogP contribution in [0, 0.1) is 49.3 Å². The van der Waals surface area contributed by atoms with Gasteiger partial charge in [0.25, 0.3) is 11.7 Å². The first-order chi connectivity index (χ1) is 40.2. The molecule has 2 saturated carbocycles. The molecule has 85 heavy (non-hydrogen) atoms. The molecule has 4 fully saturated rings. The number of benzene rings is 3. The van der Waals surface area contributed by atoms with Crippen LogP contribution in [0.5, 0.6) is 23.0 Å². The Balaban J connectivity index is 0.935. The number of fused-ring (bicyclic) bond motifs is 15. The zero-order valence-electron chi connectivity index (χ0n) is 50.2. The summed E-state index contributed by atoms with van der Waals surface area (Å²) in [6, 6.07) is 1.77. The Morgan fingerprint density at radius 1 is 0.929 bits per heavy atom. The molecule has 11 rings (SSSR count). The SMILES string of the molecule is CO[C@H]1/C=C/O[C@@]2(C)Oc3c(C)c(O)c4c(O)c(c(/C=N\N5CCC(N(C)C6(C7CCN(c8c(F)cc9c(=O)c(C)cn(C%10CC%10)c9c8Cl)C7)CC6)CC5)c(O)c4c3C2=O)NC(=O)/C(C)=C\C=C\[C@H](C)[C@H](O)[C@@H](C)[C@@H](O)[C@@H](C)[C@H](OC(C)=O)[C@@H]1C. The maximum atomic E-state index is 16.2. The van der Waals surface area contributed by atoms with Crippen molar-refractivity contribution in [1.82, 2.24) is 14.5 Å². The largest absolute Gasteiger partial charge is 0.507 e. The number of amides is 1. The summed E-state index contributed by atoms with van der Waals surface area (Å²) in [7, 11) is 3.60. The number of esters is 1. The molecule has 4 aromatic rings. The van der Waals surface area contributed by atoms with Crippen molar-refractivity contribution < 1.29 is 63.3 Å². The number of carbonyl (C=O) groups is 3. The fraction of sp³-hybridized carbons (Fsp3) is 0.547. The number of hydrazone groups is 1. The van der Waals surface area contributed by atoms with Gasteiger partial charge < -0.3 is 59.3 Å². The van der Waals surface area contributed by atoms with Gasteiger partial charge in [-0.15, -0.1) is 0 Å². The number of aliphatic hydroxyl groups is 2. The lowest BCUT2D eigenvalue weighted by molar-refractivity contribution is -0.160. The summed E-state index contributed by atoms with van der Waals surface area (Å²) in [6.45, 7) is 16.5. The molecule has 5 bridgehead atoms. The molecule has 5 aliphatic heterocycles. The van der Waals surface area contributed by atoms with Crippen LogP contribution in [-0.2, 0) is 23.8 Å². The third kappa shape index (κ3) is 11.0. The number of aromatic hydroxyl groups is 3. The molecule has 1 aromatic heterocycles. The first kappa shape index (κ1) is 61.4. The number of ketones is 1. The average molecular weight is 1200 g/mol. The molecule has 2 saturated heterocycles. The van der Waals surface area contributed by atoms with Crippen LogP contribution in [0.15, 0.2) is 58.3 Å². The minimum absolute atomic E-state index is 0.0311. The van der Waals surface area contributed by atoms with Crippen molar-refractivity contribution in [3.05, 3.63) is 91.7 Å². The Labute approximate surface area is 499 Å². The Kier molecular flexibility index (Phi) is 17.0. The second-order valence-corrected chi connectivity index (χ2v) is 25.3. The van der Waals surface area contributed by atoms with Gasteiger partial charge in [0.2, 0.25) is 0 Å². The van der Waals surface area contributed by atoms with Crippen LogP contribution >= 0.6 is 11.6 Å². The van der Waals surface area contributed by atoms with Gasteiger partial charge in [-0.1, -0.05) is 57.5 Å². The van der Waals surface area contributed by atoms with E-state index in [1.807, 2.05) is 11.2 Å². The molecular weight excluding hydrogens is 1120 g/mol. The number of pyridine rings is 1. The fourth-order valence-electron chi connectivity index (χ4n) is 13.8. The fourth-order valence-corrected chi connectivity index (χ4v) is 14.2.